The zero-order valence-corrected chi connectivity index (χ0v) is 13.9. The summed E-state index contributed by atoms with van der Waals surface area (Å²) in [6, 6.07) is 6.31. The SMILES string of the molecule is Cc1cc(C)cc(N2CCC(C(=O)NC3CCNCC3)C2=O)c1. The van der Waals surface area contributed by atoms with Crippen LogP contribution in [0, 0.1) is 19.8 Å². The van der Waals surface area contributed by atoms with Crippen molar-refractivity contribution in [3.05, 3.63) is 29.3 Å². The average Bonchev–Trinajstić information content (AvgIpc) is 2.89. The lowest BCUT2D eigenvalue weighted by atomic mass is 10.0. The summed E-state index contributed by atoms with van der Waals surface area (Å²) in [4.78, 5) is 26.9. The number of carbonyl (C=O) groups is 2. The zero-order chi connectivity index (χ0) is 16.4. The molecule has 5 heteroatoms. The van der Waals surface area contributed by atoms with Gasteiger partial charge in [-0.2, -0.15) is 0 Å². The van der Waals surface area contributed by atoms with Crippen molar-refractivity contribution >= 4 is 17.5 Å². The van der Waals surface area contributed by atoms with E-state index in [-0.39, 0.29) is 17.9 Å². The van der Waals surface area contributed by atoms with E-state index in [1.54, 1.807) is 4.90 Å². The number of hydrogen-bond acceptors (Lipinski definition) is 3. The van der Waals surface area contributed by atoms with Gasteiger partial charge in [0.1, 0.15) is 5.92 Å². The molecule has 5 nitrogen and oxygen atoms in total. The Balaban J connectivity index is 1.67. The molecule has 2 amide bonds. The Hall–Kier alpha value is -1.88. The maximum Gasteiger partial charge on any atom is 0.239 e. The van der Waals surface area contributed by atoms with Crippen LogP contribution in [0.15, 0.2) is 18.2 Å². The van der Waals surface area contributed by atoms with Crippen molar-refractivity contribution in [1.82, 2.24) is 10.6 Å². The molecule has 2 fully saturated rings. The molecule has 0 saturated carbocycles. The smallest absolute Gasteiger partial charge is 0.239 e. The van der Waals surface area contributed by atoms with Gasteiger partial charge in [0.15, 0.2) is 0 Å². The fraction of sp³-hybridized carbons (Fsp3) is 0.556. The van der Waals surface area contributed by atoms with E-state index in [4.69, 9.17) is 0 Å². The molecule has 2 aliphatic rings. The van der Waals surface area contributed by atoms with Gasteiger partial charge in [0, 0.05) is 18.3 Å². The second-order valence-electron chi connectivity index (χ2n) is 6.71. The fourth-order valence-corrected chi connectivity index (χ4v) is 3.55. The average molecular weight is 315 g/mol. The number of anilines is 1. The lowest BCUT2D eigenvalue weighted by molar-refractivity contribution is -0.132. The first-order valence-corrected chi connectivity index (χ1v) is 8.45. The summed E-state index contributed by atoms with van der Waals surface area (Å²) in [5.41, 5.74) is 3.18. The highest BCUT2D eigenvalue weighted by Gasteiger charge is 2.38. The molecular formula is C18H25N3O2. The molecule has 1 atom stereocenters. The summed E-state index contributed by atoms with van der Waals surface area (Å²) >= 11 is 0. The zero-order valence-electron chi connectivity index (χ0n) is 13.9. The minimum atomic E-state index is -0.536. The van der Waals surface area contributed by atoms with Gasteiger partial charge in [-0.15, -0.1) is 0 Å². The number of benzene rings is 1. The molecule has 3 rings (SSSR count). The third-order valence-corrected chi connectivity index (χ3v) is 4.73. The number of piperidine rings is 1. The molecule has 0 aromatic heterocycles. The summed E-state index contributed by atoms with van der Waals surface area (Å²) in [6.07, 6.45) is 2.48. The third-order valence-electron chi connectivity index (χ3n) is 4.73. The van der Waals surface area contributed by atoms with Gasteiger partial charge in [0.2, 0.25) is 11.8 Å². The number of rotatable bonds is 3. The Morgan fingerprint density at radius 2 is 1.78 bits per heavy atom. The standard InChI is InChI=1S/C18H25N3O2/c1-12-9-13(2)11-15(10-12)21-8-5-16(18(21)23)17(22)20-14-3-6-19-7-4-14/h9-11,14,16,19H,3-8H2,1-2H3,(H,20,22). The van der Waals surface area contributed by atoms with Crippen LogP contribution < -0.4 is 15.5 Å². The van der Waals surface area contributed by atoms with Crippen molar-refractivity contribution in [3.63, 3.8) is 0 Å². The Morgan fingerprint density at radius 3 is 2.43 bits per heavy atom. The summed E-state index contributed by atoms with van der Waals surface area (Å²) in [5, 5.41) is 6.34. The second-order valence-corrected chi connectivity index (χ2v) is 6.71. The van der Waals surface area contributed by atoms with E-state index in [0.717, 1.165) is 42.7 Å². The molecule has 2 heterocycles. The van der Waals surface area contributed by atoms with Gasteiger partial charge in [-0.1, -0.05) is 6.07 Å². The summed E-state index contributed by atoms with van der Waals surface area (Å²) in [7, 11) is 0. The summed E-state index contributed by atoms with van der Waals surface area (Å²) in [6.45, 7) is 6.53. The Kier molecular flexibility index (Phi) is 4.66. The van der Waals surface area contributed by atoms with E-state index in [1.807, 2.05) is 26.0 Å². The van der Waals surface area contributed by atoms with Crippen LogP contribution in [0.4, 0.5) is 5.69 Å². The maximum atomic E-state index is 12.7. The first kappa shape index (κ1) is 16.0. The van der Waals surface area contributed by atoms with Crippen LogP contribution in [-0.2, 0) is 9.59 Å². The fourth-order valence-electron chi connectivity index (χ4n) is 3.55. The molecule has 0 spiro atoms. The molecule has 1 aromatic carbocycles. The minimum absolute atomic E-state index is 0.0681. The second kappa shape index (κ2) is 6.71. The van der Waals surface area contributed by atoms with Crippen LogP contribution in [0.25, 0.3) is 0 Å². The molecule has 0 bridgehead atoms. The van der Waals surface area contributed by atoms with Gasteiger partial charge in [-0.05, 0) is 69.5 Å². The van der Waals surface area contributed by atoms with E-state index < -0.39 is 5.92 Å². The number of hydrogen-bond donors (Lipinski definition) is 2. The number of carbonyl (C=O) groups excluding carboxylic acids is 2. The Bertz CT molecular complexity index is 588. The van der Waals surface area contributed by atoms with E-state index >= 15 is 0 Å². The van der Waals surface area contributed by atoms with E-state index in [9.17, 15) is 9.59 Å². The van der Waals surface area contributed by atoms with Crippen molar-refractivity contribution in [2.45, 2.75) is 39.2 Å². The van der Waals surface area contributed by atoms with Crippen LogP contribution in [0.1, 0.15) is 30.4 Å². The lowest BCUT2D eigenvalue weighted by Gasteiger charge is -2.25. The quantitative estimate of drug-likeness (QED) is 0.832. The van der Waals surface area contributed by atoms with Gasteiger partial charge >= 0.3 is 0 Å². The predicted molar refractivity (Wildman–Crippen MR) is 90.4 cm³/mol. The maximum absolute atomic E-state index is 12.7. The van der Waals surface area contributed by atoms with Gasteiger partial charge in [0.25, 0.3) is 0 Å². The van der Waals surface area contributed by atoms with Crippen molar-refractivity contribution < 1.29 is 9.59 Å². The Labute approximate surface area is 137 Å². The topological polar surface area (TPSA) is 61.4 Å². The van der Waals surface area contributed by atoms with E-state index in [0.29, 0.717) is 13.0 Å². The molecule has 23 heavy (non-hydrogen) atoms. The molecule has 2 aliphatic heterocycles. The van der Waals surface area contributed by atoms with Crippen molar-refractivity contribution in [1.29, 1.82) is 0 Å². The predicted octanol–water partition coefficient (Wildman–Crippen LogP) is 1.52. The highest BCUT2D eigenvalue weighted by molar-refractivity contribution is 6.09. The van der Waals surface area contributed by atoms with E-state index in [2.05, 4.69) is 16.7 Å². The Morgan fingerprint density at radius 1 is 1.13 bits per heavy atom. The highest BCUT2D eigenvalue weighted by Crippen LogP contribution is 2.27. The van der Waals surface area contributed by atoms with Crippen molar-refractivity contribution in [2.24, 2.45) is 5.92 Å². The van der Waals surface area contributed by atoms with Crippen molar-refractivity contribution in [3.8, 4) is 0 Å². The minimum Gasteiger partial charge on any atom is -0.353 e. The molecule has 2 N–H and O–H groups in total. The van der Waals surface area contributed by atoms with Gasteiger partial charge < -0.3 is 15.5 Å². The van der Waals surface area contributed by atoms with E-state index in [1.165, 1.54) is 0 Å². The number of nitrogens with zero attached hydrogens (tertiary/aromatic N) is 1. The van der Waals surface area contributed by atoms with Crippen LogP contribution in [-0.4, -0.2) is 37.5 Å². The molecular weight excluding hydrogens is 290 g/mol. The van der Waals surface area contributed by atoms with Crippen LogP contribution >= 0.6 is 0 Å². The first-order valence-electron chi connectivity index (χ1n) is 8.45. The number of aryl methyl sites for hydroxylation is 2. The van der Waals surface area contributed by atoms with Crippen LogP contribution in [0.2, 0.25) is 0 Å². The molecule has 0 aliphatic carbocycles. The van der Waals surface area contributed by atoms with Crippen LogP contribution in [0.5, 0.6) is 0 Å². The van der Waals surface area contributed by atoms with Gasteiger partial charge in [0.05, 0.1) is 0 Å². The molecule has 2 saturated heterocycles. The van der Waals surface area contributed by atoms with Gasteiger partial charge in [-0.25, -0.2) is 0 Å². The van der Waals surface area contributed by atoms with Gasteiger partial charge in [-0.3, -0.25) is 9.59 Å². The molecule has 1 aromatic rings. The summed E-state index contributed by atoms with van der Waals surface area (Å²) in [5.74, 6) is -0.707. The summed E-state index contributed by atoms with van der Waals surface area (Å²) < 4.78 is 0. The molecule has 0 radical (unpaired) electrons. The van der Waals surface area contributed by atoms with Crippen molar-refractivity contribution in [2.75, 3.05) is 24.5 Å². The largest absolute Gasteiger partial charge is 0.353 e. The third kappa shape index (κ3) is 3.55. The lowest BCUT2D eigenvalue weighted by Crippen LogP contribution is -2.46. The molecule has 124 valence electrons. The molecule has 1 unspecified atom stereocenters. The monoisotopic (exact) mass is 315 g/mol. The number of amides is 2. The number of nitrogens with one attached hydrogen (secondary N) is 2. The normalized spacial score (nSPS) is 22.4. The first-order chi connectivity index (χ1) is 11.0. The van der Waals surface area contributed by atoms with Crippen LogP contribution in [0.3, 0.4) is 0 Å². The highest BCUT2D eigenvalue weighted by atomic mass is 16.2.